The Morgan fingerprint density at radius 2 is 1.84 bits per heavy atom. The van der Waals surface area contributed by atoms with Gasteiger partial charge in [-0.05, 0) is 43.7 Å². The topological polar surface area (TPSA) is 125 Å². The number of aromatic nitrogens is 3. The van der Waals surface area contributed by atoms with E-state index in [0.29, 0.717) is 22.5 Å². The van der Waals surface area contributed by atoms with Crippen LogP contribution < -0.4 is 10.1 Å². The highest BCUT2D eigenvalue weighted by atomic mass is 16.6. The minimum absolute atomic E-state index is 0.00245. The number of hydrogen-bond acceptors (Lipinski definition) is 8. The summed E-state index contributed by atoms with van der Waals surface area (Å²) < 4.78 is 15.4. The Balaban J connectivity index is 1.47. The van der Waals surface area contributed by atoms with Crippen molar-refractivity contribution < 1.29 is 28.9 Å². The van der Waals surface area contributed by atoms with Gasteiger partial charge >= 0.3 is 12.1 Å². The third-order valence-electron chi connectivity index (χ3n) is 4.24. The van der Waals surface area contributed by atoms with Crippen LogP contribution in [-0.4, -0.2) is 58.5 Å². The van der Waals surface area contributed by atoms with E-state index in [9.17, 15) is 14.7 Å². The van der Waals surface area contributed by atoms with Crippen LogP contribution in [0.2, 0.25) is 0 Å². The molecule has 0 aliphatic rings. The lowest BCUT2D eigenvalue weighted by atomic mass is 10.2. The van der Waals surface area contributed by atoms with Gasteiger partial charge in [-0.1, -0.05) is 12.6 Å². The number of esters is 1. The summed E-state index contributed by atoms with van der Waals surface area (Å²) in [4.78, 5) is 24.2. The summed E-state index contributed by atoms with van der Waals surface area (Å²) in [6, 6.07) is 10.4. The second-order valence-corrected chi connectivity index (χ2v) is 6.96. The highest BCUT2D eigenvalue weighted by Crippen LogP contribution is 2.26. The number of nitrogens with one attached hydrogen (secondary N) is 1. The Kier molecular flexibility index (Phi) is 7.27. The first-order valence-electron chi connectivity index (χ1n) is 9.86. The van der Waals surface area contributed by atoms with Crippen LogP contribution in [0.1, 0.15) is 12.5 Å². The molecule has 1 aromatic heterocycles. The number of rotatable bonds is 9. The van der Waals surface area contributed by atoms with E-state index in [-0.39, 0.29) is 37.7 Å². The number of benzene rings is 2. The molecule has 0 spiro atoms. The van der Waals surface area contributed by atoms with Gasteiger partial charge in [-0.2, -0.15) is 0 Å². The van der Waals surface area contributed by atoms with Crippen molar-refractivity contribution in [3.05, 3.63) is 54.1 Å². The quantitative estimate of drug-likeness (QED) is 0.296. The molecular weight excluding hydrogens is 416 g/mol. The van der Waals surface area contributed by atoms with Crippen molar-refractivity contribution in [2.45, 2.75) is 13.8 Å². The average molecular weight is 440 g/mol. The number of amides is 1. The van der Waals surface area contributed by atoms with Crippen molar-refractivity contribution in [1.82, 2.24) is 20.3 Å². The van der Waals surface area contributed by atoms with E-state index in [2.05, 4.69) is 22.1 Å². The van der Waals surface area contributed by atoms with Crippen LogP contribution in [0.4, 0.5) is 4.79 Å². The lowest BCUT2D eigenvalue weighted by molar-refractivity contribution is -0.138. The number of aromatic hydroxyl groups is 1. The molecule has 0 saturated heterocycles. The van der Waals surface area contributed by atoms with Crippen LogP contribution in [0.15, 0.2) is 48.6 Å². The maximum absolute atomic E-state index is 11.6. The Labute approximate surface area is 184 Å². The third-order valence-corrected chi connectivity index (χ3v) is 4.24. The summed E-state index contributed by atoms with van der Waals surface area (Å²) in [5.74, 6) is -0.0706. The molecule has 0 aliphatic carbocycles. The summed E-state index contributed by atoms with van der Waals surface area (Å²) in [5.41, 5.74) is 3.12. The summed E-state index contributed by atoms with van der Waals surface area (Å²) >= 11 is 0. The zero-order valence-electron chi connectivity index (χ0n) is 17.8. The van der Waals surface area contributed by atoms with Gasteiger partial charge in [-0.25, -0.2) is 9.59 Å². The smallest absolute Gasteiger partial charge is 0.407 e. The molecule has 0 aliphatic heterocycles. The molecule has 1 amide bonds. The second-order valence-electron chi connectivity index (χ2n) is 6.96. The van der Waals surface area contributed by atoms with Crippen LogP contribution in [-0.2, 0) is 14.3 Å². The molecule has 3 rings (SSSR count). The molecule has 0 fully saturated rings. The number of ether oxygens (including phenoxy) is 3. The molecule has 0 saturated carbocycles. The lowest BCUT2D eigenvalue weighted by Crippen LogP contribution is -2.29. The van der Waals surface area contributed by atoms with Gasteiger partial charge in [-0.15, -0.1) is 15.0 Å². The highest BCUT2D eigenvalue weighted by molar-refractivity contribution is 5.86. The minimum Gasteiger partial charge on any atom is -0.506 e. The number of phenolic OH excluding ortho intramolecular Hbond substituents is 1. The number of alkyl carbamates (subject to hydrolysis) is 1. The number of carbonyl (C=O) groups excluding carboxylic acids is 2. The second kappa shape index (κ2) is 10.3. The van der Waals surface area contributed by atoms with Crippen molar-refractivity contribution in [2.75, 3.05) is 26.4 Å². The van der Waals surface area contributed by atoms with Crippen LogP contribution in [0, 0.1) is 6.92 Å². The Bertz CT molecular complexity index is 1140. The average Bonchev–Trinajstić information content (AvgIpc) is 3.18. The fraction of sp³-hybridized carbons (Fsp3) is 0.273. The molecular formula is C22H24N4O6. The molecule has 2 N–H and O–H groups in total. The van der Waals surface area contributed by atoms with Crippen LogP contribution in [0.25, 0.3) is 16.7 Å². The molecule has 1 heterocycles. The first-order chi connectivity index (χ1) is 15.3. The number of hydrogen-bond donors (Lipinski definition) is 2. The SMILES string of the molecule is C=C(C)C(=O)OCCNC(=O)OCCOc1ccc(O)c(-n2nc3ccc(C)cc3n2)c1. The predicted octanol–water partition coefficient (Wildman–Crippen LogP) is 2.66. The summed E-state index contributed by atoms with van der Waals surface area (Å²) in [7, 11) is 0. The Hall–Kier alpha value is -4.08. The Morgan fingerprint density at radius 3 is 2.62 bits per heavy atom. The van der Waals surface area contributed by atoms with Crippen LogP contribution in [0.3, 0.4) is 0 Å². The standard InChI is InChI=1S/C22H24N4O6/c1-14(2)21(28)31-9-8-23-22(29)32-11-10-30-16-5-7-20(27)19(13-16)26-24-17-6-4-15(3)12-18(17)25-26/h4-7,12-13,27H,1,8-11H2,2-3H3,(H,23,29). The molecule has 10 nitrogen and oxygen atoms in total. The van der Waals surface area contributed by atoms with E-state index in [1.807, 2.05) is 25.1 Å². The lowest BCUT2D eigenvalue weighted by Gasteiger charge is -2.10. The van der Waals surface area contributed by atoms with Crippen molar-refractivity contribution in [3.8, 4) is 17.2 Å². The molecule has 0 unspecified atom stereocenters. The highest BCUT2D eigenvalue weighted by Gasteiger charge is 2.11. The monoisotopic (exact) mass is 440 g/mol. The van der Waals surface area contributed by atoms with Gasteiger partial charge in [0, 0.05) is 11.6 Å². The molecule has 3 aromatic rings. The number of nitrogens with zero attached hydrogens (tertiary/aromatic N) is 3. The van der Waals surface area contributed by atoms with Gasteiger partial charge < -0.3 is 24.6 Å². The number of fused-ring (bicyclic) bond motifs is 1. The third kappa shape index (κ3) is 5.97. The first-order valence-corrected chi connectivity index (χ1v) is 9.86. The zero-order valence-corrected chi connectivity index (χ0v) is 17.8. The van der Waals surface area contributed by atoms with Gasteiger partial charge in [-0.3, -0.25) is 0 Å². The Morgan fingerprint density at radius 1 is 1.06 bits per heavy atom. The van der Waals surface area contributed by atoms with E-state index < -0.39 is 12.1 Å². The molecule has 32 heavy (non-hydrogen) atoms. The van der Waals surface area contributed by atoms with Gasteiger partial charge in [0.25, 0.3) is 0 Å². The van der Waals surface area contributed by atoms with Crippen molar-refractivity contribution in [1.29, 1.82) is 0 Å². The predicted molar refractivity (Wildman–Crippen MR) is 116 cm³/mol. The minimum atomic E-state index is -0.658. The van der Waals surface area contributed by atoms with Gasteiger partial charge in [0.1, 0.15) is 48.0 Å². The van der Waals surface area contributed by atoms with Gasteiger partial charge in [0.05, 0.1) is 6.54 Å². The largest absolute Gasteiger partial charge is 0.506 e. The molecule has 2 aromatic carbocycles. The normalized spacial score (nSPS) is 10.6. The summed E-state index contributed by atoms with van der Waals surface area (Å²) in [5, 5.41) is 21.4. The van der Waals surface area contributed by atoms with Gasteiger partial charge in [0.2, 0.25) is 0 Å². The van der Waals surface area contributed by atoms with E-state index >= 15 is 0 Å². The summed E-state index contributed by atoms with van der Waals surface area (Å²) in [6.07, 6.45) is -0.658. The van der Waals surface area contributed by atoms with Crippen molar-refractivity contribution in [3.63, 3.8) is 0 Å². The molecule has 10 heteroatoms. The molecule has 168 valence electrons. The van der Waals surface area contributed by atoms with Crippen molar-refractivity contribution >= 4 is 23.1 Å². The van der Waals surface area contributed by atoms with Crippen molar-refractivity contribution in [2.24, 2.45) is 0 Å². The fourth-order valence-electron chi connectivity index (χ4n) is 2.65. The molecule has 0 radical (unpaired) electrons. The molecule has 0 atom stereocenters. The number of phenols is 1. The van der Waals surface area contributed by atoms with Gasteiger partial charge in [0.15, 0.2) is 0 Å². The number of aryl methyl sites for hydroxylation is 1. The number of carbonyl (C=O) groups is 2. The molecule has 0 bridgehead atoms. The van der Waals surface area contributed by atoms with E-state index in [1.54, 1.807) is 12.1 Å². The maximum Gasteiger partial charge on any atom is 0.407 e. The van der Waals surface area contributed by atoms with E-state index in [1.165, 1.54) is 17.8 Å². The zero-order chi connectivity index (χ0) is 23.1. The van der Waals surface area contributed by atoms with Crippen LogP contribution in [0.5, 0.6) is 11.5 Å². The fourth-order valence-corrected chi connectivity index (χ4v) is 2.65. The van der Waals surface area contributed by atoms with E-state index in [4.69, 9.17) is 14.2 Å². The van der Waals surface area contributed by atoms with Crippen LogP contribution >= 0.6 is 0 Å². The maximum atomic E-state index is 11.6. The van der Waals surface area contributed by atoms with E-state index in [0.717, 1.165) is 5.56 Å². The summed E-state index contributed by atoms with van der Waals surface area (Å²) in [6.45, 7) is 7.19. The first kappa shape index (κ1) is 22.6.